The first-order valence-corrected chi connectivity index (χ1v) is 9.06. The summed E-state index contributed by atoms with van der Waals surface area (Å²) < 4.78 is 10.7. The molecule has 0 saturated carbocycles. The second kappa shape index (κ2) is 9.08. The Balaban J connectivity index is 1.76. The predicted octanol–water partition coefficient (Wildman–Crippen LogP) is 4.51. The summed E-state index contributed by atoms with van der Waals surface area (Å²) in [6.45, 7) is -0.0570. The Morgan fingerprint density at radius 1 is 1.21 bits per heavy atom. The molecular weight excluding hydrogens is 402 g/mol. The summed E-state index contributed by atoms with van der Waals surface area (Å²) in [5.41, 5.74) is 1.32. The minimum Gasteiger partial charge on any atom is -0.479 e. The van der Waals surface area contributed by atoms with Gasteiger partial charge in [-0.3, -0.25) is 0 Å². The third kappa shape index (κ3) is 5.13. The Morgan fingerprint density at radius 2 is 1.93 bits per heavy atom. The van der Waals surface area contributed by atoms with E-state index in [2.05, 4.69) is 10.2 Å². The number of benzene rings is 2. The van der Waals surface area contributed by atoms with Crippen molar-refractivity contribution in [3.05, 3.63) is 64.0 Å². The van der Waals surface area contributed by atoms with E-state index in [9.17, 15) is 9.90 Å². The molecule has 0 spiro atoms. The third-order valence-corrected chi connectivity index (χ3v) is 4.49. The van der Waals surface area contributed by atoms with Crippen LogP contribution in [-0.2, 0) is 4.79 Å². The molecule has 1 heterocycles. The number of ether oxygens (including phenoxy) is 1. The molecule has 0 radical (unpaired) electrons. The average molecular weight is 414 g/mol. The van der Waals surface area contributed by atoms with Crippen LogP contribution in [0.25, 0.3) is 17.5 Å². The second-order valence-corrected chi connectivity index (χ2v) is 6.74. The van der Waals surface area contributed by atoms with Crippen LogP contribution in [0.1, 0.15) is 5.56 Å². The molecule has 7 nitrogen and oxygen atoms in total. The predicted molar refractivity (Wildman–Crippen MR) is 104 cm³/mol. The first kappa shape index (κ1) is 19.5. The molecule has 28 heavy (non-hydrogen) atoms. The number of thioether (sulfide) groups is 1. The zero-order valence-corrected chi connectivity index (χ0v) is 15.8. The van der Waals surface area contributed by atoms with Crippen molar-refractivity contribution in [3.8, 4) is 23.3 Å². The highest BCUT2D eigenvalue weighted by Crippen LogP contribution is 2.30. The summed E-state index contributed by atoms with van der Waals surface area (Å²) in [5, 5.41) is 26.5. The van der Waals surface area contributed by atoms with E-state index in [0.29, 0.717) is 21.9 Å². The van der Waals surface area contributed by atoms with Crippen LogP contribution >= 0.6 is 23.4 Å². The van der Waals surface area contributed by atoms with Crippen molar-refractivity contribution >= 4 is 35.4 Å². The molecule has 1 N–H and O–H groups in total. The lowest BCUT2D eigenvalue weighted by atomic mass is 10.2. The number of carboxylic acids is 1. The Bertz CT molecular complexity index is 1040. The zero-order chi connectivity index (χ0) is 19.9. The van der Waals surface area contributed by atoms with Gasteiger partial charge < -0.3 is 14.3 Å². The van der Waals surface area contributed by atoms with E-state index >= 15 is 0 Å². The highest BCUT2D eigenvalue weighted by atomic mass is 35.5. The van der Waals surface area contributed by atoms with Gasteiger partial charge in [-0.2, -0.15) is 5.26 Å². The highest BCUT2D eigenvalue weighted by Gasteiger charge is 2.16. The Labute approximate surface area is 169 Å². The number of hydrogen-bond donors (Lipinski definition) is 1. The minimum absolute atomic E-state index is 0.0111. The van der Waals surface area contributed by atoms with Gasteiger partial charge in [0.05, 0.1) is 0 Å². The lowest BCUT2D eigenvalue weighted by Gasteiger charge is -2.02. The number of carbonyl (C=O) groups is 1. The van der Waals surface area contributed by atoms with Gasteiger partial charge in [0.1, 0.15) is 16.7 Å². The molecule has 0 aliphatic carbocycles. The first-order chi connectivity index (χ1) is 13.5. The fourth-order valence-electron chi connectivity index (χ4n) is 2.12. The van der Waals surface area contributed by atoms with Crippen LogP contribution in [0.5, 0.6) is 5.75 Å². The minimum atomic E-state index is -1.12. The largest absolute Gasteiger partial charge is 0.479 e. The standard InChI is InChI=1S/C19H12ClN3O4S/c20-14-5-3-13(4-6-14)17-22-23-19(27-17)28-16(18(24)25)11-12-1-7-15(8-2-12)26-10-9-21/h1-8,11H,10H2,(H,24,25)/b16-11-. The van der Waals surface area contributed by atoms with E-state index < -0.39 is 5.97 Å². The van der Waals surface area contributed by atoms with Crippen LogP contribution in [0.2, 0.25) is 5.02 Å². The fraction of sp³-hybridized carbons (Fsp3) is 0.0526. The highest BCUT2D eigenvalue weighted by molar-refractivity contribution is 8.03. The molecule has 1 aromatic heterocycles. The van der Waals surface area contributed by atoms with Crippen LogP contribution < -0.4 is 4.74 Å². The molecule has 0 aliphatic heterocycles. The van der Waals surface area contributed by atoms with Gasteiger partial charge in [-0.15, -0.1) is 10.2 Å². The summed E-state index contributed by atoms with van der Waals surface area (Å²) in [6, 6.07) is 15.4. The van der Waals surface area contributed by atoms with Crippen LogP contribution in [0.4, 0.5) is 0 Å². The molecule has 9 heteroatoms. The van der Waals surface area contributed by atoms with Gasteiger partial charge in [-0.25, -0.2) is 4.79 Å². The van der Waals surface area contributed by atoms with E-state index in [-0.39, 0.29) is 22.6 Å². The number of aromatic nitrogens is 2. The summed E-state index contributed by atoms with van der Waals surface area (Å²) in [7, 11) is 0. The second-order valence-electron chi connectivity index (χ2n) is 5.31. The van der Waals surface area contributed by atoms with E-state index in [0.717, 1.165) is 11.8 Å². The zero-order valence-electron chi connectivity index (χ0n) is 14.2. The van der Waals surface area contributed by atoms with Crippen molar-refractivity contribution in [1.29, 1.82) is 5.26 Å². The van der Waals surface area contributed by atoms with E-state index in [1.807, 2.05) is 6.07 Å². The van der Waals surface area contributed by atoms with Crippen LogP contribution in [-0.4, -0.2) is 27.9 Å². The summed E-state index contributed by atoms with van der Waals surface area (Å²) in [5.74, 6) is -0.336. The Kier molecular flexibility index (Phi) is 6.32. The smallest absolute Gasteiger partial charge is 0.342 e. The van der Waals surface area contributed by atoms with Gasteiger partial charge in [0, 0.05) is 10.6 Å². The molecule has 3 aromatic rings. The molecule has 140 valence electrons. The number of hydrogen-bond acceptors (Lipinski definition) is 7. The molecule has 0 fully saturated rings. The maximum atomic E-state index is 11.6. The molecule has 0 aliphatic rings. The quantitative estimate of drug-likeness (QED) is 0.445. The van der Waals surface area contributed by atoms with Gasteiger partial charge >= 0.3 is 5.97 Å². The van der Waals surface area contributed by atoms with Gasteiger partial charge in [0.2, 0.25) is 5.89 Å². The number of aliphatic carboxylic acids is 1. The summed E-state index contributed by atoms with van der Waals surface area (Å²) in [6.07, 6.45) is 1.48. The lowest BCUT2D eigenvalue weighted by molar-refractivity contribution is -0.131. The topological polar surface area (TPSA) is 109 Å². The Hall–Kier alpha value is -3.28. The maximum Gasteiger partial charge on any atom is 0.342 e. The molecule has 0 bridgehead atoms. The molecular formula is C19H12ClN3O4S. The molecule has 0 saturated heterocycles. The third-order valence-electron chi connectivity index (χ3n) is 3.39. The number of halogens is 1. The monoisotopic (exact) mass is 413 g/mol. The van der Waals surface area contributed by atoms with Crippen molar-refractivity contribution in [2.45, 2.75) is 5.22 Å². The van der Waals surface area contributed by atoms with E-state index in [4.69, 9.17) is 26.0 Å². The van der Waals surface area contributed by atoms with E-state index in [1.54, 1.807) is 48.5 Å². The van der Waals surface area contributed by atoms with E-state index in [1.165, 1.54) is 6.08 Å². The van der Waals surface area contributed by atoms with Crippen LogP contribution in [0, 0.1) is 11.3 Å². The number of nitrogens with zero attached hydrogens (tertiary/aromatic N) is 3. The molecule has 0 amide bonds. The lowest BCUT2D eigenvalue weighted by Crippen LogP contribution is -1.97. The van der Waals surface area contributed by atoms with Crippen molar-refractivity contribution in [2.24, 2.45) is 0 Å². The SMILES string of the molecule is N#CCOc1ccc(/C=C(\Sc2nnc(-c3ccc(Cl)cc3)o2)C(=O)O)cc1. The number of rotatable bonds is 7. The molecule has 0 unspecified atom stereocenters. The summed E-state index contributed by atoms with van der Waals surface area (Å²) >= 11 is 6.70. The van der Waals surface area contributed by atoms with Crippen LogP contribution in [0.3, 0.4) is 0 Å². The van der Waals surface area contributed by atoms with Crippen LogP contribution in [0.15, 0.2) is 63.1 Å². The molecule has 3 rings (SSSR count). The normalized spacial score (nSPS) is 11.1. The summed E-state index contributed by atoms with van der Waals surface area (Å²) in [4.78, 5) is 11.6. The molecule has 0 atom stereocenters. The van der Waals surface area contributed by atoms with Crippen molar-refractivity contribution in [3.63, 3.8) is 0 Å². The van der Waals surface area contributed by atoms with Crippen molar-refractivity contribution < 1.29 is 19.1 Å². The fourth-order valence-corrected chi connectivity index (χ4v) is 2.92. The number of carboxylic acid groups (broad SMARTS) is 1. The van der Waals surface area contributed by atoms with Crippen molar-refractivity contribution in [1.82, 2.24) is 10.2 Å². The van der Waals surface area contributed by atoms with Crippen molar-refractivity contribution in [2.75, 3.05) is 6.61 Å². The van der Waals surface area contributed by atoms with Gasteiger partial charge in [0.15, 0.2) is 6.61 Å². The van der Waals surface area contributed by atoms with Gasteiger partial charge in [0.25, 0.3) is 5.22 Å². The maximum absolute atomic E-state index is 11.6. The first-order valence-electron chi connectivity index (χ1n) is 7.87. The molecule has 2 aromatic carbocycles. The Morgan fingerprint density at radius 3 is 2.57 bits per heavy atom. The van der Waals surface area contributed by atoms with Gasteiger partial charge in [-0.05, 0) is 59.8 Å². The van der Waals surface area contributed by atoms with Gasteiger partial charge in [-0.1, -0.05) is 23.7 Å². The number of nitriles is 1. The average Bonchev–Trinajstić information content (AvgIpc) is 3.16.